The summed E-state index contributed by atoms with van der Waals surface area (Å²) in [7, 11) is 3.85. The molecule has 1 atom stereocenters. The van der Waals surface area contributed by atoms with Crippen molar-refractivity contribution in [1.82, 2.24) is 30.2 Å². The van der Waals surface area contributed by atoms with Crippen LogP contribution in [-0.2, 0) is 13.5 Å². The number of piperazine rings is 1. The maximum absolute atomic E-state index is 4.52. The number of aryl methyl sites for hydroxylation is 2. The van der Waals surface area contributed by atoms with Gasteiger partial charge in [0.25, 0.3) is 0 Å². The SMILES string of the molecule is CCN1CCN(CCCCNC(=NC)NC(C)Cc2c(C)nn(C)c2C)CC1.I. The summed E-state index contributed by atoms with van der Waals surface area (Å²) in [5.41, 5.74) is 3.70. The van der Waals surface area contributed by atoms with E-state index >= 15 is 0 Å². The number of nitrogens with one attached hydrogen (secondary N) is 2. The van der Waals surface area contributed by atoms with E-state index in [1.165, 1.54) is 63.4 Å². The molecule has 7 nitrogen and oxygen atoms in total. The van der Waals surface area contributed by atoms with E-state index in [0.29, 0.717) is 6.04 Å². The third kappa shape index (κ3) is 8.41. The molecule has 1 aliphatic heterocycles. The Morgan fingerprint density at radius 2 is 1.79 bits per heavy atom. The molecule has 0 spiro atoms. The molecule has 0 aromatic carbocycles. The Hall–Kier alpha value is -0.870. The molecule has 1 fully saturated rings. The lowest BCUT2D eigenvalue weighted by atomic mass is 10.1. The van der Waals surface area contributed by atoms with Crippen molar-refractivity contribution in [3.63, 3.8) is 0 Å². The van der Waals surface area contributed by atoms with Gasteiger partial charge in [-0.15, -0.1) is 24.0 Å². The van der Waals surface area contributed by atoms with Crippen molar-refractivity contribution in [2.75, 3.05) is 52.9 Å². The van der Waals surface area contributed by atoms with E-state index in [9.17, 15) is 0 Å². The first-order valence-electron chi connectivity index (χ1n) is 10.9. The van der Waals surface area contributed by atoms with Crippen molar-refractivity contribution >= 4 is 29.9 Å². The van der Waals surface area contributed by atoms with Gasteiger partial charge in [-0.25, -0.2) is 0 Å². The fraction of sp³-hybridized carbons (Fsp3) is 0.810. The van der Waals surface area contributed by atoms with Crippen LogP contribution in [0, 0.1) is 13.8 Å². The smallest absolute Gasteiger partial charge is 0.191 e. The van der Waals surface area contributed by atoms with Gasteiger partial charge in [-0.05, 0) is 58.7 Å². The van der Waals surface area contributed by atoms with Gasteiger partial charge in [0.2, 0.25) is 0 Å². The van der Waals surface area contributed by atoms with Crippen LogP contribution in [0.4, 0.5) is 0 Å². The first kappa shape index (κ1) is 26.2. The molecule has 8 heteroatoms. The van der Waals surface area contributed by atoms with Gasteiger partial charge in [0, 0.05) is 58.6 Å². The molecule has 29 heavy (non-hydrogen) atoms. The van der Waals surface area contributed by atoms with E-state index in [1.54, 1.807) is 0 Å². The Balaban J connectivity index is 0.00000420. The summed E-state index contributed by atoms with van der Waals surface area (Å²) in [5.74, 6) is 0.892. The normalized spacial score (nSPS) is 17.1. The molecule has 0 bridgehead atoms. The molecule has 0 saturated carbocycles. The predicted molar refractivity (Wildman–Crippen MR) is 134 cm³/mol. The Labute approximate surface area is 194 Å². The highest BCUT2D eigenvalue weighted by atomic mass is 127. The molecule has 2 N–H and O–H groups in total. The summed E-state index contributed by atoms with van der Waals surface area (Å²) in [6.07, 6.45) is 3.36. The number of halogens is 1. The van der Waals surface area contributed by atoms with Gasteiger partial charge in [-0.1, -0.05) is 6.92 Å². The number of aromatic nitrogens is 2. The summed E-state index contributed by atoms with van der Waals surface area (Å²) in [6, 6.07) is 0.308. The van der Waals surface area contributed by atoms with E-state index in [-0.39, 0.29) is 24.0 Å². The number of rotatable bonds is 9. The average Bonchev–Trinajstić information content (AvgIpc) is 2.93. The molecule has 0 amide bonds. The van der Waals surface area contributed by atoms with E-state index < -0.39 is 0 Å². The van der Waals surface area contributed by atoms with E-state index in [1.807, 2.05) is 18.8 Å². The van der Waals surface area contributed by atoms with Crippen molar-refractivity contribution in [3.05, 3.63) is 17.0 Å². The number of guanidine groups is 1. The van der Waals surface area contributed by atoms with Crippen LogP contribution in [0.15, 0.2) is 4.99 Å². The maximum Gasteiger partial charge on any atom is 0.191 e. The van der Waals surface area contributed by atoms with Crippen molar-refractivity contribution in [3.8, 4) is 0 Å². The number of aliphatic imine (C=N–C) groups is 1. The van der Waals surface area contributed by atoms with Crippen LogP contribution in [-0.4, -0.2) is 84.4 Å². The molecule has 168 valence electrons. The second-order valence-corrected chi connectivity index (χ2v) is 8.00. The molecule has 0 radical (unpaired) electrons. The lowest BCUT2D eigenvalue weighted by molar-refractivity contribution is 0.136. The van der Waals surface area contributed by atoms with Gasteiger partial charge < -0.3 is 20.4 Å². The zero-order valence-electron chi connectivity index (χ0n) is 19.3. The van der Waals surface area contributed by atoms with Gasteiger partial charge >= 0.3 is 0 Å². The molecule has 1 unspecified atom stereocenters. The summed E-state index contributed by atoms with van der Waals surface area (Å²) >= 11 is 0. The third-order valence-electron chi connectivity index (χ3n) is 5.88. The number of unbranched alkanes of at least 4 members (excludes halogenated alkanes) is 1. The molecule has 1 aromatic heterocycles. The topological polar surface area (TPSA) is 60.7 Å². The van der Waals surface area contributed by atoms with E-state index in [0.717, 1.165) is 24.6 Å². The molecule has 1 saturated heterocycles. The molecule has 0 aliphatic carbocycles. The molecule has 1 aromatic rings. The van der Waals surface area contributed by atoms with Gasteiger partial charge in [0.15, 0.2) is 5.96 Å². The van der Waals surface area contributed by atoms with Gasteiger partial charge in [-0.3, -0.25) is 9.67 Å². The first-order chi connectivity index (χ1) is 13.4. The van der Waals surface area contributed by atoms with Crippen molar-refractivity contribution in [1.29, 1.82) is 0 Å². The summed E-state index contributed by atoms with van der Waals surface area (Å²) in [4.78, 5) is 9.51. The lowest BCUT2D eigenvalue weighted by Crippen LogP contribution is -2.46. The zero-order chi connectivity index (χ0) is 20.5. The van der Waals surface area contributed by atoms with Crippen LogP contribution in [0.1, 0.15) is 43.6 Å². The fourth-order valence-electron chi connectivity index (χ4n) is 3.89. The molecular weight excluding hydrogens is 477 g/mol. The summed E-state index contributed by atoms with van der Waals surface area (Å²) < 4.78 is 1.96. The minimum Gasteiger partial charge on any atom is -0.356 e. The third-order valence-corrected chi connectivity index (χ3v) is 5.88. The second-order valence-electron chi connectivity index (χ2n) is 8.00. The summed E-state index contributed by atoms with van der Waals surface area (Å²) in [6.45, 7) is 16.9. The highest BCUT2D eigenvalue weighted by molar-refractivity contribution is 14.0. The molecule has 2 heterocycles. The standard InChI is InChI=1S/C21H41N7.HI/c1-7-27-12-14-28(15-13-27)11-9-8-10-23-21(22-5)24-17(2)16-20-18(3)25-26(6)19(20)4;/h17H,7-16H2,1-6H3,(H2,22,23,24);1H. The van der Waals surface area contributed by atoms with Crippen molar-refractivity contribution < 1.29 is 0 Å². The first-order valence-corrected chi connectivity index (χ1v) is 10.9. The number of hydrogen-bond donors (Lipinski definition) is 2. The van der Waals surface area contributed by atoms with Crippen LogP contribution >= 0.6 is 24.0 Å². The van der Waals surface area contributed by atoms with Crippen LogP contribution in [0.2, 0.25) is 0 Å². The van der Waals surface area contributed by atoms with Crippen LogP contribution in [0.25, 0.3) is 0 Å². The predicted octanol–water partition coefficient (Wildman–Crippen LogP) is 2.17. The lowest BCUT2D eigenvalue weighted by Gasteiger charge is -2.34. The number of likely N-dealkylation sites (N-methyl/N-ethyl adjacent to an activating group) is 1. The Morgan fingerprint density at radius 3 is 2.34 bits per heavy atom. The quantitative estimate of drug-likeness (QED) is 0.227. The van der Waals surface area contributed by atoms with Crippen LogP contribution < -0.4 is 10.6 Å². The maximum atomic E-state index is 4.52. The second kappa shape index (κ2) is 13.4. The van der Waals surface area contributed by atoms with Gasteiger partial charge in [-0.2, -0.15) is 5.10 Å². The van der Waals surface area contributed by atoms with Crippen molar-refractivity contribution in [2.45, 2.75) is 53.0 Å². The van der Waals surface area contributed by atoms with Gasteiger partial charge in [0.1, 0.15) is 0 Å². The number of hydrogen-bond acceptors (Lipinski definition) is 4. The van der Waals surface area contributed by atoms with E-state index in [2.05, 4.69) is 58.2 Å². The Morgan fingerprint density at radius 1 is 1.14 bits per heavy atom. The molecular formula is C21H42IN7. The monoisotopic (exact) mass is 519 g/mol. The largest absolute Gasteiger partial charge is 0.356 e. The highest BCUT2D eigenvalue weighted by Crippen LogP contribution is 2.14. The van der Waals surface area contributed by atoms with Crippen molar-refractivity contribution in [2.24, 2.45) is 12.0 Å². The van der Waals surface area contributed by atoms with E-state index in [4.69, 9.17) is 0 Å². The Bertz CT molecular complexity index is 621. The average molecular weight is 520 g/mol. The zero-order valence-corrected chi connectivity index (χ0v) is 21.6. The molecule has 1 aliphatic rings. The Kier molecular flexibility index (Phi) is 12.1. The highest BCUT2D eigenvalue weighted by Gasteiger charge is 2.15. The number of nitrogens with zero attached hydrogens (tertiary/aromatic N) is 5. The van der Waals surface area contributed by atoms with Crippen LogP contribution in [0.5, 0.6) is 0 Å². The summed E-state index contributed by atoms with van der Waals surface area (Å²) in [5, 5.41) is 11.5. The minimum absolute atomic E-state index is 0. The van der Waals surface area contributed by atoms with Crippen LogP contribution in [0.3, 0.4) is 0 Å². The van der Waals surface area contributed by atoms with Gasteiger partial charge in [0.05, 0.1) is 5.69 Å². The molecule has 2 rings (SSSR count). The minimum atomic E-state index is 0. The fourth-order valence-corrected chi connectivity index (χ4v) is 3.89.